The van der Waals surface area contributed by atoms with Crippen LogP contribution in [0.5, 0.6) is 0 Å². The smallest absolute Gasteiger partial charge is 0.0630 e. The molecule has 0 aromatic rings. The second-order valence-corrected chi connectivity index (χ2v) is 7.00. The third-order valence-electron chi connectivity index (χ3n) is 4.75. The highest BCUT2D eigenvalue weighted by Gasteiger charge is 2.37. The summed E-state index contributed by atoms with van der Waals surface area (Å²) in [7, 11) is 1.83. The standard InChI is InChI=1S/C16H33N3O/c1-13(2)8-17-9-16(12-20-4)19-11-15-6-5-7-18(15)10-14(19)3/h13-17H,5-12H2,1-4H3. The number of piperazine rings is 1. The Morgan fingerprint density at radius 3 is 2.75 bits per heavy atom. The van der Waals surface area contributed by atoms with Gasteiger partial charge in [0.05, 0.1) is 6.61 Å². The minimum atomic E-state index is 0.511. The van der Waals surface area contributed by atoms with Crippen molar-refractivity contribution in [3.8, 4) is 0 Å². The molecule has 0 spiro atoms. The minimum Gasteiger partial charge on any atom is -0.383 e. The van der Waals surface area contributed by atoms with E-state index in [9.17, 15) is 0 Å². The first-order valence-corrected chi connectivity index (χ1v) is 8.31. The number of methoxy groups -OCH3 is 1. The van der Waals surface area contributed by atoms with E-state index < -0.39 is 0 Å². The molecule has 1 N–H and O–H groups in total. The van der Waals surface area contributed by atoms with Gasteiger partial charge in [-0.1, -0.05) is 13.8 Å². The topological polar surface area (TPSA) is 27.7 Å². The monoisotopic (exact) mass is 283 g/mol. The van der Waals surface area contributed by atoms with Crippen LogP contribution in [0.25, 0.3) is 0 Å². The van der Waals surface area contributed by atoms with Crippen molar-refractivity contribution < 1.29 is 4.74 Å². The fourth-order valence-electron chi connectivity index (χ4n) is 3.72. The lowest BCUT2D eigenvalue weighted by molar-refractivity contribution is 0.000330. The van der Waals surface area contributed by atoms with Crippen LogP contribution in [-0.4, -0.2) is 74.4 Å². The van der Waals surface area contributed by atoms with Gasteiger partial charge in [0, 0.05) is 44.9 Å². The van der Waals surface area contributed by atoms with Crippen LogP contribution in [0.3, 0.4) is 0 Å². The molecule has 118 valence electrons. The lowest BCUT2D eigenvalue weighted by Crippen LogP contribution is -2.60. The summed E-state index contributed by atoms with van der Waals surface area (Å²) in [5.74, 6) is 0.710. The van der Waals surface area contributed by atoms with Gasteiger partial charge in [-0.3, -0.25) is 9.80 Å². The van der Waals surface area contributed by atoms with Crippen molar-refractivity contribution in [2.45, 2.75) is 51.7 Å². The largest absolute Gasteiger partial charge is 0.383 e. The molecule has 2 aliphatic rings. The number of ether oxygens (including phenoxy) is 1. The molecule has 3 unspecified atom stereocenters. The van der Waals surface area contributed by atoms with E-state index in [2.05, 4.69) is 35.9 Å². The first-order valence-electron chi connectivity index (χ1n) is 8.31. The van der Waals surface area contributed by atoms with E-state index in [-0.39, 0.29) is 0 Å². The fourth-order valence-corrected chi connectivity index (χ4v) is 3.72. The molecule has 0 aromatic heterocycles. The van der Waals surface area contributed by atoms with Crippen LogP contribution in [0.15, 0.2) is 0 Å². The average molecular weight is 283 g/mol. The van der Waals surface area contributed by atoms with Gasteiger partial charge in [0.25, 0.3) is 0 Å². The summed E-state index contributed by atoms with van der Waals surface area (Å²) in [5, 5.41) is 3.61. The van der Waals surface area contributed by atoms with Crippen molar-refractivity contribution in [1.29, 1.82) is 0 Å². The Balaban J connectivity index is 1.89. The van der Waals surface area contributed by atoms with Crippen LogP contribution in [0.4, 0.5) is 0 Å². The van der Waals surface area contributed by atoms with Crippen molar-refractivity contribution in [3.05, 3.63) is 0 Å². The number of nitrogens with zero attached hydrogens (tertiary/aromatic N) is 2. The van der Waals surface area contributed by atoms with E-state index in [4.69, 9.17) is 4.74 Å². The van der Waals surface area contributed by atoms with Crippen molar-refractivity contribution in [3.63, 3.8) is 0 Å². The molecule has 4 heteroatoms. The zero-order valence-electron chi connectivity index (χ0n) is 13.8. The Bertz CT molecular complexity index is 285. The molecule has 4 nitrogen and oxygen atoms in total. The quantitative estimate of drug-likeness (QED) is 0.765. The minimum absolute atomic E-state index is 0.511. The van der Waals surface area contributed by atoms with E-state index >= 15 is 0 Å². The van der Waals surface area contributed by atoms with E-state index in [0.29, 0.717) is 18.0 Å². The highest BCUT2D eigenvalue weighted by atomic mass is 16.5. The summed E-state index contributed by atoms with van der Waals surface area (Å²) in [6.45, 7) is 13.6. The Morgan fingerprint density at radius 1 is 1.25 bits per heavy atom. The Morgan fingerprint density at radius 2 is 2.05 bits per heavy atom. The SMILES string of the molecule is COCC(CNCC(C)C)N1CC2CCCN2CC1C. The third-order valence-corrected chi connectivity index (χ3v) is 4.75. The van der Waals surface area contributed by atoms with Gasteiger partial charge in [-0.15, -0.1) is 0 Å². The Kier molecular flexibility index (Phi) is 6.27. The predicted molar refractivity (Wildman–Crippen MR) is 84.1 cm³/mol. The summed E-state index contributed by atoms with van der Waals surface area (Å²) in [4.78, 5) is 5.37. The van der Waals surface area contributed by atoms with Gasteiger partial charge < -0.3 is 10.1 Å². The van der Waals surface area contributed by atoms with Gasteiger partial charge in [-0.2, -0.15) is 0 Å². The van der Waals surface area contributed by atoms with Gasteiger partial charge in [0.2, 0.25) is 0 Å². The molecule has 2 saturated heterocycles. The number of hydrogen-bond donors (Lipinski definition) is 1. The lowest BCUT2D eigenvalue weighted by atomic mass is 10.0. The first kappa shape index (κ1) is 16.2. The summed E-state index contributed by atoms with van der Waals surface area (Å²) in [5.41, 5.74) is 0. The van der Waals surface area contributed by atoms with Gasteiger partial charge in [-0.25, -0.2) is 0 Å². The van der Waals surface area contributed by atoms with E-state index in [1.54, 1.807) is 0 Å². The molecule has 0 aliphatic carbocycles. The van der Waals surface area contributed by atoms with Crippen LogP contribution in [0.2, 0.25) is 0 Å². The van der Waals surface area contributed by atoms with Crippen molar-refractivity contribution in [2.24, 2.45) is 5.92 Å². The van der Waals surface area contributed by atoms with E-state index in [1.165, 1.54) is 32.5 Å². The molecule has 0 amide bonds. The van der Waals surface area contributed by atoms with Crippen molar-refractivity contribution in [2.75, 3.05) is 46.4 Å². The molecule has 3 atom stereocenters. The lowest BCUT2D eigenvalue weighted by Gasteiger charge is -2.46. The molecule has 2 heterocycles. The maximum Gasteiger partial charge on any atom is 0.0630 e. The summed E-state index contributed by atoms with van der Waals surface area (Å²) in [6.07, 6.45) is 2.76. The average Bonchev–Trinajstić information content (AvgIpc) is 2.83. The second kappa shape index (κ2) is 7.74. The molecule has 20 heavy (non-hydrogen) atoms. The highest BCUT2D eigenvalue weighted by Crippen LogP contribution is 2.25. The second-order valence-electron chi connectivity index (χ2n) is 7.00. The molecule has 2 rings (SSSR count). The number of hydrogen-bond acceptors (Lipinski definition) is 4. The molecule has 2 fully saturated rings. The van der Waals surface area contributed by atoms with Crippen LogP contribution >= 0.6 is 0 Å². The van der Waals surface area contributed by atoms with Crippen LogP contribution in [-0.2, 0) is 4.74 Å². The van der Waals surface area contributed by atoms with Crippen molar-refractivity contribution in [1.82, 2.24) is 15.1 Å². The molecule has 0 radical (unpaired) electrons. The zero-order chi connectivity index (χ0) is 14.5. The van der Waals surface area contributed by atoms with E-state index in [0.717, 1.165) is 25.7 Å². The maximum atomic E-state index is 5.48. The summed E-state index contributed by atoms with van der Waals surface area (Å²) < 4.78 is 5.48. The Hall–Kier alpha value is -0.160. The molecule has 0 saturated carbocycles. The number of fused-ring (bicyclic) bond motifs is 1. The normalized spacial score (nSPS) is 29.9. The molecule has 0 bridgehead atoms. The van der Waals surface area contributed by atoms with Crippen LogP contribution in [0, 0.1) is 5.92 Å². The first-order chi connectivity index (χ1) is 9.61. The van der Waals surface area contributed by atoms with Gasteiger partial charge >= 0.3 is 0 Å². The zero-order valence-corrected chi connectivity index (χ0v) is 13.8. The Labute approximate surface area is 124 Å². The summed E-state index contributed by atoms with van der Waals surface area (Å²) >= 11 is 0. The maximum absolute atomic E-state index is 5.48. The third kappa shape index (κ3) is 4.17. The highest BCUT2D eigenvalue weighted by molar-refractivity contribution is 4.93. The summed E-state index contributed by atoms with van der Waals surface area (Å²) in [6, 6.07) is 1.94. The molecular formula is C16H33N3O. The predicted octanol–water partition coefficient (Wildman–Crippen LogP) is 1.42. The van der Waals surface area contributed by atoms with Gasteiger partial charge in [0.1, 0.15) is 0 Å². The fraction of sp³-hybridized carbons (Fsp3) is 1.00. The number of nitrogens with one attached hydrogen (secondary N) is 1. The van der Waals surface area contributed by atoms with Gasteiger partial charge in [-0.05, 0) is 38.8 Å². The molecular weight excluding hydrogens is 250 g/mol. The number of rotatable bonds is 7. The van der Waals surface area contributed by atoms with Crippen LogP contribution in [0.1, 0.15) is 33.6 Å². The van der Waals surface area contributed by atoms with Crippen LogP contribution < -0.4 is 5.32 Å². The molecule has 2 aliphatic heterocycles. The van der Waals surface area contributed by atoms with Crippen molar-refractivity contribution >= 4 is 0 Å². The van der Waals surface area contributed by atoms with E-state index in [1.807, 2.05) is 7.11 Å². The van der Waals surface area contributed by atoms with Gasteiger partial charge in [0.15, 0.2) is 0 Å². The molecule has 0 aromatic carbocycles.